The van der Waals surface area contributed by atoms with E-state index in [2.05, 4.69) is 15.5 Å². The number of fused-ring (bicyclic) bond motifs is 1. The first kappa shape index (κ1) is 12.4. The van der Waals surface area contributed by atoms with Crippen LogP contribution in [0.25, 0.3) is 0 Å². The van der Waals surface area contributed by atoms with Crippen LogP contribution in [0.15, 0.2) is 0 Å². The van der Waals surface area contributed by atoms with Gasteiger partial charge in [0.1, 0.15) is 0 Å². The van der Waals surface area contributed by atoms with Crippen LogP contribution in [0.2, 0.25) is 0 Å². The number of ether oxygens (including phenoxy) is 1. The number of carbonyl (C=O) groups excluding carboxylic acids is 1. The normalized spacial score (nSPS) is 36.6. The molecule has 102 valence electrons. The van der Waals surface area contributed by atoms with Crippen molar-refractivity contribution < 1.29 is 9.53 Å². The molecule has 3 atom stereocenters. The number of carbonyl (C=O) groups is 1. The van der Waals surface area contributed by atoms with E-state index in [4.69, 9.17) is 4.74 Å². The smallest absolute Gasteiger partial charge is 0.222 e. The van der Waals surface area contributed by atoms with Crippen LogP contribution < -0.4 is 10.6 Å². The van der Waals surface area contributed by atoms with Crippen molar-refractivity contribution in [1.82, 2.24) is 15.5 Å². The van der Waals surface area contributed by atoms with E-state index in [0.29, 0.717) is 18.5 Å². The largest absolute Gasteiger partial charge is 0.375 e. The number of nitrogens with one attached hydrogen (secondary N) is 2. The maximum Gasteiger partial charge on any atom is 0.222 e. The first-order valence-corrected chi connectivity index (χ1v) is 7.18. The molecule has 3 fully saturated rings. The van der Waals surface area contributed by atoms with E-state index in [1.807, 2.05) is 0 Å². The Kier molecular flexibility index (Phi) is 3.82. The maximum absolute atomic E-state index is 12.0. The van der Waals surface area contributed by atoms with E-state index in [0.717, 1.165) is 32.7 Å². The molecule has 1 amide bonds. The van der Waals surface area contributed by atoms with E-state index in [9.17, 15) is 4.79 Å². The van der Waals surface area contributed by atoms with E-state index >= 15 is 0 Å². The molecule has 3 aliphatic heterocycles. The summed E-state index contributed by atoms with van der Waals surface area (Å²) in [6.45, 7) is 4.78. The minimum atomic E-state index is 0.0554. The lowest BCUT2D eigenvalue weighted by Gasteiger charge is -2.25. The van der Waals surface area contributed by atoms with Gasteiger partial charge in [0.2, 0.25) is 5.91 Å². The van der Waals surface area contributed by atoms with Gasteiger partial charge in [-0.15, -0.1) is 0 Å². The van der Waals surface area contributed by atoms with E-state index in [-0.39, 0.29) is 12.0 Å². The minimum absolute atomic E-state index is 0.0554. The van der Waals surface area contributed by atoms with Gasteiger partial charge in [0.05, 0.1) is 19.1 Å². The lowest BCUT2D eigenvalue weighted by atomic mass is 10.1. The zero-order valence-corrected chi connectivity index (χ0v) is 10.9. The molecule has 18 heavy (non-hydrogen) atoms. The Hall–Kier alpha value is -0.650. The molecule has 0 radical (unpaired) electrons. The highest BCUT2D eigenvalue weighted by Crippen LogP contribution is 2.27. The van der Waals surface area contributed by atoms with Crippen LogP contribution in [0.5, 0.6) is 0 Å². The van der Waals surface area contributed by atoms with Gasteiger partial charge >= 0.3 is 0 Å². The molecular formula is C13H23N3O2. The second kappa shape index (κ2) is 5.55. The van der Waals surface area contributed by atoms with Gasteiger partial charge in [-0.3, -0.25) is 9.69 Å². The Balaban J connectivity index is 1.45. The number of morpholine rings is 1. The van der Waals surface area contributed by atoms with Crippen molar-refractivity contribution in [2.75, 3.05) is 32.8 Å². The molecule has 0 spiro atoms. The van der Waals surface area contributed by atoms with Crippen LogP contribution in [0.3, 0.4) is 0 Å². The molecule has 0 aromatic heterocycles. The summed E-state index contributed by atoms with van der Waals surface area (Å²) in [5, 5.41) is 6.47. The first-order valence-electron chi connectivity index (χ1n) is 7.18. The summed E-state index contributed by atoms with van der Waals surface area (Å²) in [5.74, 6) is 0.155. The molecule has 5 heteroatoms. The lowest BCUT2D eigenvalue weighted by molar-refractivity contribution is -0.125. The Labute approximate surface area is 108 Å². The highest BCUT2D eigenvalue weighted by Gasteiger charge is 2.37. The molecule has 3 rings (SSSR count). The van der Waals surface area contributed by atoms with Crippen LogP contribution in [-0.2, 0) is 9.53 Å². The van der Waals surface area contributed by atoms with Crippen molar-refractivity contribution in [1.29, 1.82) is 0 Å². The summed E-state index contributed by atoms with van der Waals surface area (Å²) in [6.07, 6.45) is 4.19. The van der Waals surface area contributed by atoms with Crippen molar-refractivity contribution in [3.63, 3.8) is 0 Å². The third kappa shape index (κ3) is 2.68. The topological polar surface area (TPSA) is 53.6 Å². The van der Waals surface area contributed by atoms with Crippen LogP contribution in [0.1, 0.15) is 25.7 Å². The van der Waals surface area contributed by atoms with Crippen molar-refractivity contribution in [2.45, 2.75) is 43.9 Å². The maximum atomic E-state index is 12.0. The van der Waals surface area contributed by atoms with Gasteiger partial charge in [0.15, 0.2) is 0 Å². The minimum Gasteiger partial charge on any atom is -0.375 e. The molecule has 0 bridgehead atoms. The molecule has 3 saturated heterocycles. The van der Waals surface area contributed by atoms with Crippen LogP contribution in [-0.4, -0.2) is 61.8 Å². The molecule has 0 aliphatic carbocycles. The fourth-order valence-corrected chi connectivity index (χ4v) is 3.47. The summed E-state index contributed by atoms with van der Waals surface area (Å²) in [4.78, 5) is 14.5. The number of hydrogen-bond acceptors (Lipinski definition) is 4. The van der Waals surface area contributed by atoms with Gasteiger partial charge in [0, 0.05) is 31.7 Å². The second-order valence-electron chi connectivity index (χ2n) is 5.61. The summed E-state index contributed by atoms with van der Waals surface area (Å²) >= 11 is 0. The number of rotatable bonds is 3. The van der Waals surface area contributed by atoms with Crippen molar-refractivity contribution in [3.05, 3.63) is 0 Å². The van der Waals surface area contributed by atoms with Gasteiger partial charge in [-0.2, -0.15) is 0 Å². The SMILES string of the molecule is O=C(CC1CNCCO1)NC1CCN2CCCC12. The van der Waals surface area contributed by atoms with E-state index in [1.54, 1.807) is 0 Å². The second-order valence-corrected chi connectivity index (χ2v) is 5.61. The lowest BCUT2D eigenvalue weighted by Crippen LogP contribution is -2.46. The zero-order valence-electron chi connectivity index (χ0n) is 10.9. The van der Waals surface area contributed by atoms with E-state index < -0.39 is 0 Å². The molecule has 2 N–H and O–H groups in total. The van der Waals surface area contributed by atoms with E-state index in [1.165, 1.54) is 19.4 Å². The van der Waals surface area contributed by atoms with Gasteiger partial charge < -0.3 is 15.4 Å². The fraction of sp³-hybridized carbons (Fsp3) is 0.923. The average Bonchev–Trinajstić information content (AvgIpc) is 2.95. The molecule has 3 aliphatic rings. The Morgan fingerprint density at radius 1 is 1.39 bits per heavy atom. The summed E-state index contributed by atoms with van der Waals surface area (Å²) in [6, 6.07) is 0.968. The highest BCUT2D eigenvalue weighted by atomic mass is 16.5. The van der Waals surface area contributed by atoms with Crippen LogP contribution in [0.4, 0.5) is 0 Å². The van der Waals surface area contributed by atoms with Gasteiger partial charge in [-0.05, 0) is 25.8 Å². The molecule has 5 nitrogen and oxygen atoms in total. The van der Waals surface area contributed by atoms with Crippen LogP contribution in [0, 0.1) is 0 Å². The molecule has 0 aromatic rings. The van der Waals surface area contributed by atoms with Gasteiger partial charge in [-0.25, -0.2) is 0 Å². The van der Waals surface area contributed by atoms with Crippen molar-refractivity contribution in [3.8, 4) is 0 Å². The summed E-state index contributed by atoms with van der Waals surface area (Å²) < 4.78 is 5.57. The monoisotopic (exact) mass is 253 g/mol. The molecule has 3 unspecified atom stereocenters. The number of nitrogens with zero attached hydrogens (tertiary/aromatic N) is 1. The predicted octanol–water partition coefficient (Wildman–Crippen LogP) is -0.282. The first-order chi connectivity index (χ1) is 8.83. The molecular weight excluding hydrogens is 230 g/mol. The quantitative estimate of drug-likeness (QED) is 0.726. The van der Waals surface area contributed by atoms with Crippen LogP contribution >= 0.6 is 0 Å². The van der Waals surface area contributed by atoms with Gasteiger partial charge in [-0.1, -0.05) is 0 Å². The Morgan fingerprint density at radius 2 is 2.33 bits per heavy atom. The average molecular weight is 253 g/mol. The third-order valence-corrected chi connectivity index (χ3v) is 4.37. The van der Waals surface area contributed by atoms with Crippen molar-refractivity contribution in [2.24, 2.45) is 0 Å². The molecule has 3 heterocycles. The molecule has 0 saturated carbocycles. The Bertz CT molecular complexity index is 305. The summed E-state index contributed by atoms with van der Waals surface area (Å²) in [5.41, 5.74) is 0. The number of hydrogen-bond donors (Lipinski definition) is 2. The predicted molar refractivity (Wildman–Crippen MR) is 68.4 cm³/mol. The highest BCUT2D eigenvalue weighted by molar-refractivity contribution is 5.77. The number of amides is 1. The summed E-state index contributed by atoms with van der Waals surface area (Å²) in [7, 11) is 0. The fourth-order valence-electron chi connectivity index (χ4n) is 3.47. The Morgan fingerprint density at radius 3 is 3.17 bits per heavy atom. The van der Waals surface area contributed by atoms with Gasteiger partial charge in [0.25, 0.3) is 0 Å². The third-order valence-electron chi connectivity index (χ3n) is 4.37. The van der Waals surface area contributed by atoms with Crippen molar-refractivity contribution >= 4 is 5.91 Å². The zero-order chi connectivity index (χ0) is 12.4. The standard InChI is InChI=1S/C13H23N3O2/c17-13(8-10-9-14-4-7-18-10)15-11-3-6-16-5-1-2-12(11)16/h10-12,14H,1-9H2,(H,15,17). The molecule has 0 aromatic carbocycles.